The zero-order valence-corrected chi connectivity index (χ0v) is 17.0. The Labute approximate surface area is 180 Å². The predicted molar refractivity (Wildman–Crippen MR) is 118 cm³/mol. The van der Waals surface area contributed by atoms with Gasteiger partial charge < -0.3 is 19.9 Å². The van der Waals surface area contributed by atoms with Gasteiger partial charge in [0.2, 0.25) is 5.91 Å². The van der Waals surface area contributed by atoms with Crippen LogP contribution in [0.5, 0.6) is 17.2 Å². The van der Waals surface area contributed by atoms with E-state index in [9.17, 15) is 14.7 Å². The first-order valence-electron chi connectivity index (χ1n) is 9.71. The summed E-state index contributed by atoms with van der Waals surface area (Å²) in [6.07, 6.45) is 3.26. The molecule has 0 fully saturated rings. The highest BCUT2D eigenvalue weighted by Crippen LogP contribution is 2.21. The van der Waals surface area contributed by atoms with Crippen molar-refractivity contribution in [3.63, 3.8) is 0 Å². The lowest BCUT2D eigenvalue weighted by atomic mass is 10.1. The van der Waals surface area contributed by atoms with E-state index in [1.54, 1.807) is 18.2 Å². The molecule has 0 aliphatic rings. The second-order valence-electron chi connectivity index (χ2n) is 6.77. The molecule has 3 aromatic rings. The number of hydrogen-bond acceptors (Lipinski definition) is 5. The van der Waals surface area contributed by atoms with Gasteiger partial charge in [0.25, 0.3) is 0 Å². The average Bonchev–Trinajstić information content (AvgIpc) is 2.80. The first-order chi connectivity index (χ1) is 15.0. The van der Waals surface area contributed by atoms with Gasteiger partial charge in [-0.25, -0.2) is 4.79 Å². The van der Waals surface area contributed by atoms with Crippen LogP contribution in [0.4, 0.5) is 0 Å². The molecular weight excluding hydrogens is 394 g/mol. The van der Waals surface area contributed by atoms with Crippen LogP contribution in [-0.2, 0) is 20.7 Å². The Balaban J connectivity index is 1.59. The maximum Gasteiger partial charge on any atom is 0.328 e. The Morgan fingerprint density at radius 2 is 1.58 bits per heavy atom. The van der Waals surface area contributed by atoms with Crippen LogP contribution in [0.15, 0.2) is 84.9 Å². The smallest absolute Gasteiger partial charge is 0.328 e. The molecule has 0 bridgehead atoms. The molecule has 2 N–H and O–H groups in total. The van der Waals surface area contributed by atoms with E-state index < -0.39 is 17.9 Å². The second kappa shape index (κ2) is 10.6. The third-order valence-electron chi connectivity index (χ3n) is 4.46. The maximum absolute atomic E-state index is 12.3. The number of ether oxygens (including phenoxy) is 2. The lowest BCUT2D eigenvalue weighted by Gasteiger charge is -2.15. The molecule has 3 aromatic carbocycles. The maximum atomic E-state index is 12.3. The normalized spacial score (nSPS) is 11.6. The Kier molecular flexibility index (Phi) is 7.43. The largest absolute Gasteiger partial charge is 0.508 e. The van der Waals surface area contributed by atoms with Crippen LogP contribution >= 0.6 is 0 Å². The number of carbonyl (C=O) groups excluding carboxylic acids is 2. The second-order valence-corrected chi connectivity index (χ2v) is 6.77. The summed E-state index contributed by atoms with van der Waals surface area (Å²) in [5.74, 6) is 0.599. The molecule has 158 valence electrons. The number of phenolic OH excluding ortho intramolecular Hbond substituents is 1. The summed E-state index contributed by atoms with van der Waals surface area (Å²) in [7, 11) is 1.27. The van der Waals surface area contributed by atoms with E-state index >= 15 is 0 Å². The number of para-hydroxylation sites is 1. The van der Waals surface area contributed by atoms with Gasteiger partial charge in [0.15, 0.2) is 0 Å². The SMILES string of the molecule is COC(=O)[C@H](Cc1ccc(O)cc1)NC(=O)C=Cc1ccc(Oc2ccccc2)cc1. The predicted octanol–water partition coefficient (Wildman–Crippen LogP) is 4.10. The number of amides is 1. The molecule has 0 spiro atoms. The quantitative estimate of drug-likeness (QED) is 0.426. The van der Waals surface area contributed by atoms with Crippen LogP contribution in [-0.4, -0.2) is 30.1 Å². The van der Waals surface area contributed by atoms with E-state index in [1.165, 1.54) is 25.3 Å². The summed E-state index contributed by atoms with van der Waals surface area (Å²) in [4.78, 5) is 24.4. The van der Waals surface area contributed by atoms with E-state index in [1.807, 2.05) is 54.6 Å². The van der Waals surface area contributed by atoms with Gasteiger partial charge >= 0.3 is 5.97 Å². The van der Waals surface area contributed by atoms with Crippen LogP contribution < -0.4 is 10.1 Å². The van der Waals surface area contributed by atoms with Gasteiger partial charge in [-0.15, -0.1) is 0 Å². The summed E-state index contributed by atoms with van der Waals surface area (Å²) in [6.45, 7) is 0. The number of nitrogens with one attached hydrogen (secondary N) is 1. The Hall–Kier alpha value is -4.06. The number of phenols is 1. The minimum absolute atomic E-state index is 0.130. The molecule has 0 heterocycles. The Morgan fingerprint density at radius 1 is 0.935 bits per heavy atom. The molecule has 6 nitrogen and oxygen atoms in total. The monoisotopic (exact) mass is 417 g/mol. The van der Waals surface area contributed by atoms with Crippen LogP contribution in [0.1, 0.15) is 11.1 Å². The van der Waals surface area contributed by atoms with Gasteiger partial charge in [-0.05, 0) is 53.6 Å². The number of methoxy groups -OCH3 is 1. The fraction of sp³-hybridized carbons (Fsp3) is 0.120. The van der Waals surface area contributed by atoms with E-state index in [0.717, 1.165) is 16.9 Å². The summed E-state index contributed by atoms with van der Waals surface area (Å²) in [5.41, 5.74) is 1.59. The first-order valence-corrected chi connectivity index (χ1v) is 9.71. The van der Waals surface area contributed by atoms with Crippen molar-refractivity contribution in [2.45, 2.75) is 12.5 Å². The van der Waals surface area contributed by atoms with Crippen molar-refractivity contribution in [3.8, 4) is 17.2 Å². The van der Waals surface area contributed by atoms with Crippen LogP contribution in [0.2, 0.25) is 0 Å². The highest BCUT2D eigenvalue weighted by molar-refractivity contribution is 5.94. The van der Waals surface area contributed by atoms with E-state index in [4.69, 9.17) is 9.47 Å². The van der Waals surface area contributed by atoms with Gasteiger partial charge in [-0.3, -0.25) is 4.79 Å². The molecule has 31 heavy (non-hydrogen) atoms. The standard InChI is InChI=1S/C25H23NO5/c1-30-25(29)23(17-19-7-12-20(27)13-8-19)26-24(28)16-11-18-9-14-22(15-10-18)31-21-5-3-2-4-6-21/h2-16,23,27H,17H2,1H3,(H,26,28)/t23-/m0/s1. The third-order valence-corrected chi connectivity index (χ3v) is 4.46. The average molecular weight is 417 g/mol. The van der Waals surface area contributed by atoms with E-state index in [2.05, 4.69) is 5.32 Å². The minimum atomic E-state index is -0.839. The zero-order chi connectivity index (χ0) is 22.1. The summed E-state index contributed by atoms with van der Waals surface area (Å²) in [6, 6.07) is 22.3. The number of hydrogen-bond donors (Lipinski definition) is 2. The molecule has 1 atom stereocenters. The van der Waals surface area contributed by atoms with Crippen LogP contribution in [0.3, 0.4) is 0 Å². The highest BCUT2D eigenvalue weighted by atomic mass is 16.5. The molecule has 1 amide bonds. The summed E-state index contributed by atoms with van der Waals surface area (Å²) < 4.78 is 10.5. The Morgan fingerprint density at radius 3 is 2.23 bits per heavy atom. The molecule has 0 radical (unpaired) electrons. The lowest BCUT2D eigenvalue weighted by molar-refractivity contribution is -0.144. The third kappa shape index (κ3) is 6.75. The molecule has 0 aliphatic carbocycles. The lowest BCUT2D eigenvalue weighted by Crippen LogP contribution is -2.42. The molecule has 0 aliphatic heterocycles. The van der Waals surface area contributed by atoms with E-state index in [0.29, 0.717) is 5.75 Å². The van der Waals surface area contributed by atoms with Crippen molar-refractivity contribution in [1.29, 1.82) is 0 Å². The molecule has 0 saturated carbocycles. The van der Waals surface area contributed by atoms with Crippen LogP contribution in [0.25, 0.3) is 6.08 Å². The molecule has 0 unspecified atom stereocenters. The molecule has 6 heteroatoms. The van der Waals surface area contributed by atoms with Gasteiger partial charge in [0.1, 0.15) is 23.3 Å². The first kappa shape index (κ1) is 21.6. The topological polar surface area (TPSA) is 84.9 Å². The summed E-state index contributed by atoms with van der Waals surface area (Å²) in [5, 5.41) is 12.0. The van der Waals surface area contributed by atoms with Crippen molar-refractivity contribution >= 4 is 18.0 Å². The van der Waals surface area contributed by atoms with Crippen molar-refractivity contribution in [2.24, 2.45) is 0 Å². The Bertz CT molecular complexity index is 1030. The van der Waals surface area contributed by atoms with Crippen molar-refractivity contribution in [1.82, 2.24) is 5.32 Å². The summed E-state index contributed by atoms with van der Waals surface area (Å²) >= 11 is 0. The fourth-order valence-electron chi connectivity index (χ4n) is 2.87. The van der Waals surface area contributed by atoms with Crippen molar-refractivity contribution in [2.75, 3.05) is 7.11 Å². The van der Waals surface area contributed by atoms with Crippen molar-refractivity contribution in [3.05, 3.63) is 96.1 Å². The van der Waals surface area contributed by atoms with Crippen molar-refractivity contribution < 1.29 is 24.2 Å². The van der Waals surface area contributed by atoms with E-state index in [-0.39, 0.29) is 12.2 Å². The van der Waals surface area contributed by atoms with Gasteiger partial charge in [0, 0.05) is 12.5 Å². The van der Waals surface area contributed by atoms with Gasteiger partial charge in [0.05, 0.1) is 7.11 Å². The highest BCUT2D eigenvalue weighted by Gasteiger charge is 2.21. The number of rotatable bonds is 8. The van der Waals surface area contributed by atoms with Gasteiger partial charge in [-0.2, -0.15) is 0 Å². The van der Waals surface area contributed by atoms with Gasteiger partial charge in [-0.1, -0.05) is 42.5 Å². The molecule has 3 rings (SSSR count). The molecule has 0 aromatic heterocycles. The number of esters is 1. The minimum Gasteiger partial charge on any atom is -0.508 e. The molecular formula is C25H23NO5. The van der Waals surface area contributed by atoms with Crippen LogP contribution in [0, 0.1) is 0 Å². The number of benzene rings is 3. The fourth-order valence-corrected chi connectivity index (χ4v) is 2.87. The zero-order valence-electron chi connectivity index (χ0n) is 17.0. The molecule has 0 saturated heterocycles. The number of carbonyl (C=O) groups is 2. The number of aromatic hydroxyl groups is 1.